The molecule has 2 aliphatic rings. The number of nitrogens with zero attached hydrogens (tertiary/aromatic N) is 3. The monoisotopic (exact) mass is 560 g/mol. The van der Waals surface area contributed by atoms with E-state index in [2.05, 4.69) is 21.2 Å². The van der Waals surface area contributed by atoms with Gasteiger partial charge in [0.05, 0.1) is 12.1 Å². The fourth-order valence-electron chi connectivity index (χ4n) is 4.77. The van der Waals surface area contributed by atoms with Gasteiger partial charge in [0.25, 0.3) is 5.91 Å². The van der Waals surface area contributed by atoms with Crippen molar-refractivity contribution < 1.29 is 18.7 Å². The van der Waals surface area contributed by atoms with Crippen LogP contribution in [0.5, 0.6) is 0 Å². The number of halogens is 2. The summed E-state index contributed by atoms with van der Waals surface area (Å²) in [6.45, 7) is 0.412. The van der Waals surface area contributed by atoms with Crippen LogP contribution in [0.2, 0.25) is 0 Å². The van der Waals surface area contributed by atoms with Gasteiger partial charge in [-0.1, -0.05) is 28.1 Å². The van der Waals surface area contributed by atoms with E-state index >= 15 is 0 Å². The second-order valence-corrected chi connectivity index (χ2v) is 9.99. The quantitative estimate of drug-likeness (QED) is 0.358. The van der Waals surface area contributed by atoms with Gasteiger partial charge in [-0.3, -0.25) is 9.59 Å². The van der Waals surface area contributed by atoms with E-state index in [0.717, 1.165) is 38.1 Å². The lowest BCUT2D eigenvalue weighted by Gasteiger charge is -2.23. The summed E-state index contributed by atoms with van der Waals surface area (Å²) in [5, 5.41) is 7.64. The van der Waals surface area contributed by atoms with E-state index in [4.69, 9.17) is 9.84 Å². The first-order valence-corrected chi connectivity index (χ1v) is 12.7. The summed E-state index contributed by atoms with van der Waals surface area (Å²) in [5.74, 6) is -0.450. The predicted octanol–water partition coefficient (Wildman–Crippen LogP) is 5.04. The molecule has 2 aliphatic heterocycles. The van der Waals surface area contributed by atoms with Gasteiger partial charge in [0, 0.05) is 34.0 Å². The minimum atomic E-state index is -0.630. The van der Waals surface area contributed by atoms with Crippen molar-refractivity contribution in [1.82, 2.24) is 14.7 Å². The number of rotatable bonds is 6. The van der Waals surface area contributed by atoms with Gasteiger partial charge in [-0.15, -0.1) is 0 Å². The molecule has 7 nitrogen and oxygen atoms in total. The Balaban J connectivity index is 1.32. The minimum Gasteiger partial charge on any atom is -0.344 e. The van der Waals surface area contributed by atoms with Crippen LogP contribution in [0.3, 0.4) is 0 Å². The third kappa shape index (κ3) is 4.68. The van der Waals surface area contributed by atoms with Gasteiger partial charge in [0.2, 0.25) is 5.91 Å². The first kappa shape index (κ1) is 23.6. The molecule has 1 saturated heterocycles. The number of carbonyl (C=O) groups excluding carboxylic acids is 2. The number of anilines is 1. The Morgan fingerprint density at radius 2 is 1.84 bits per heavy atom. The number of benzene rings is 3. The maximum atomic E-state index is 13.7. The van der Waals surface area contributed by atoms with E-state index in [1.54, 1.807) is 21.7 Å². The summed E-state index contributed by atoms with van der Waals surface area (Å²) in [6.07, 6.45) is 2.22. The van der Waals surface area contributed by atoms with E-state index in [9.17, 15) is 14.0 Å². The summed E-state index contributed by atoms with van der Waals surface area (Å²) in [6, 6.07) is 19.7. The van der Waals surface area contributed by atoms with Crippen molar-refractivity contribution in [2.75, 3.05) is 18.5 Å². The number of aromatic nitrogens is 2. The Hall–Kier alpha value is -3.82. The summed E-state index contributed by atoms with van der Waals surface area (Å²) in [7, 11) is 0. The van der Waals surface area contributed by atoms with Crippen molar-refractivity contribution in [1.29, 1.82) is 0 Å². The first-order chi connectivity index (χ1) is 17.9. The van der Waals surface area contributed by atoms with Gasteiger partial charge in [-0.25, -0.2) is 9.07 Å². The molecule has 0 unspecified atom stereocenters. The highest BCUT2D eigenvalue weighted by molar-refractivity contribution is 9.10. The molecule has 1 fully saturated rings. The Bertz CT molecular complexity index is 1500. The van der Waals surface area contributed by atoms with E-state index in [-0.39, 0.29) is 24.2 Å². The smallest absolute Gasteiger partial charge is 0.250 e. The molecule has 9 heteroatoms. The van der Waals surface area contributed by atoms with Crippen molar-refractivity contribution in [2.45, 2.75) is 19.1 Å². The number of hydrogen-bond acceptors (Lipinski definition) is 4. The second kappa shape index (κ2) is 9.57. The average molecular weight is 561 g/mol. The molecule has 3 heterocycles. The highest BCUT2D eigenvalue weighted by Crippen LogP contribution is 2.36. The van der Waals surface area contributed by atoms with E-state index in [1.807, 2.05) is 48.7 Å². The molecule has 1 aromatic heterocycles. The zero-order valence-corrected chi connectivity index (χ0v) is 21.2. The van der Waals surface area contributed by atoms with Crippen molar-refractivity contribution in [3.63, 3.8) is 0 Å². The molecule has 0 spiro atoms. The first-order valence-electron chi connectivity index (χ1n) is 11.9. The molecule has 0 aliphatic carbocycles. The van der Waals surface area contributed by atoms with Crippen LogP contribution in [0.1, 0.15) is 22.9 Å². The second-order valence-electron chi connectivity index (χ2n) is 9.08. The van der Waals surface area contributed by atoms with Gasteiger partial charge < -0.3 is 15.0 Å². The lowest BCUT2D eigenvalue weighted by Crippen LogP contribution is -2.30. The van der Waals surface area contributed by atoms with Gasteiger partial charge in [-0.2, -0.15) is 5.10 Å². The molecule has 2 amide bonds. The van der Waals surface area contributed by atoms with Crippen molar-refractivity contribution in [3.8, 4) is 16.9 Å². The highest BCUT2D eigenvalue weighted by atomic mass is 79.9. The predicted molar refractivity (Wildman–Crippen MR) is 140 cm³/mol. The van der Waals surface area contributed by atoms with Crippen molar-refractivity contribution >= 4 is 33.4 Å². The zero-order valence-electron chi connectivity index (χ0n) is 19.7. The lowest BCUT2D eigenvalue weighted by atomic mass is 10.0. The molecule has 3 aromatic carbocycles. The molecule has 37 heavy (non-hydrogen) atoms. The van der Waals surface area contributed by atoms with Gasteiger partial charge >= 0.3 is 0 Å². The molecule has 6 rings (SSSR count). The molecule has 0 saturated carbocycles. The van der Waals surface area contributed by atoms with Crippen molar-refractivity contribution in [3.05, 3.63) is 99.9 Å². The Morgan fingerprint density at radius 1 is 1.05 bits per heavy atom. The lowest BCUT2D eigenvalue weighted by molar-refractivity contribution is -0.128. The highest BCUT2D eigenvalue weighted by Gasteiger charge is 2.36. The molecule has 0 bridgehead atoms. The Labute approximate surface area is 221 Å². The Morgan fingerprint density at radius 3 is 2.62 bits per heavy atom. The SMILES string of the molecule is O=C1Cc2cc(CCN3C(=O)CO[C@@H]3c3cn(-c4ccc(Br)cc4)nc3-c3ccc(F)cc3)ccc2N1. The van der Waals surface area contributed by atoms with Gasteiger partial charge in [0.1, 0.15) is 18.1 Å². The molecule has 1 atom stereocenters. The minimum absolute atomic E-state index is 0.00792. The number of ether oxygens (including phenoxy) is 1. The third-order valence-electron chi connectivity index (χ3n) is 6.62. The van der Waals surface area contributed by atoms with Crippen LogP contribution in [0.25, 0.3) is 16.9 Å². The standard InChI is InChI=1S/C28H22BrFN4O3/c29-20-4-8-22(9-5-20)34-15-23(27(32-34)18-2-6-21(30)7-3-18)28-33(26(36)16-37-28)12-11-17-1-10-24-19(13-17)14-25(35)31-24/h1-10,13,15,28H,11-12,14,16H2,(H,31,35)/t28-/m1/s1. The van der Waals surface area contributed by atoms with Crippen LogP contribution < -0.4 is 5.32 Å². The Kier molecular flexibility index (Phi) is 6.10. The number of amides is 2. The normalized spacial score (nSPS) is 16.8. The van der Waals surface area contributed by atoms with Crippen LogP contribution in [0.4, 0.5) is 10.1 Å². The van der Waals surface area contributed by atoms with E-state index < -0.39 is 6.23 Å². The largest absolute Gasteiger partial charge is 0.344 e. The molecular weight excluding hydrogens is 539 g/mol. The van der Waals surface area contributed by atoms with Crippen LogP contribution >= 0.6 is 15.9 Å². The maximum Gasteiger partial charge on any atom is 0.250 e. The van der Waals surface area contributed by atoms with Crippen LogP contribution in [-0.4, -0.2) is 39.6 Å². The average Bonchev–Trinajstić information content (AvgIpc) is 3.59. The number of carbonyl (C=O) groups is 2. The topological polar surface area (TPSA) is 76.5 Å². The third-order valence-corrected chi connectivity index (χ3v) is 7.15. The fourth-order valence-corrected chi connectivity index (χ4v) is 5.03. The van der Waals surface area contributed by atoms with E-state index in [1.165, 1.54) is 12.1 Å². The number of hydrogen-bond donors (Lipinski definition) is 1. The van der Waals surface area contributed by atoms with Gasteiger partial charge in [-0.05, 0) is 72.1 Å². The molecule has 186 valence electrons. The molecule has 4 aromatic rings. The molecular formula is C28H22BrFN4O3. The number of fused-ring (bicyclic) bond motifs is 1. The van der Waals surface area contributed by atoms with Crippen LogP contribution in [0, 0.1) is 5.82 Å². The van der Waals surface area contributed by atoms with Crippen LogP contribution in [0.15, 0.2) is 77.4 Å². The fraction of sp³-hybridized carbons (Fsp3) is 0.179. The zero-order chi connectivity index (χ0) is 25.5. The summed E-state index contributed by atoms with van der Waals surface area (Å²) >= 11 is 3.46. The summed E-state index contributed by atoms with van der Waals surface area (Å²) in [4.78, 5) is 26.3. The molecule has 1 N–H and O–H groups in total. The number of nitrogens with one attached hydrogen (secondary N) is 1. The molecule has 0 radical (unpaired) electrons. The summed E-state index contributed by atoms with van der Waals surface area (Å²) < 4.78 is 22.3. The maximum absolute atomic E-state index is 13.7. The van der Waals surface area contributed by atoms with E-state index in [0.29, 0.717) is 25.1 Å². The van der Waals surface area contributed by atoms with Gasteiger partial charge in [0.15, 0.2) is 6.23 Å². The van der Waals surface area contributed by atoms with Crippen LogP contribution in [-0.2, 0) is 27.2 Å². The van der Waals surface area contributed by atoms with Crippen molar-refractivity contribution in [2.24, 2.45) is 0 Å². The summed E-state index contributed by atoms with van der Waals surface area (Å²) in [5.41, 5.74) is 5.77.